The van der Waals surface area contributed by atoms with Crippen LogP contribution in [-0.2, 0) is 16.0 Å². The van der Waals surface area contributed by atoms with Crippen LogP contribution in [0.2, 0.25) is 0 Å². The van der Waals surface area contributed by atoms with Gasteiger partial charge in [-0.3, -0.25) is 14.5 Å². The van der Waals surface area contributed by atoms with Crippen LogP contribution in [0.5, 0.6) is 0 Å². The summed E-state index contributed by atoms with van der Waals surface area (Å²) < 4.78 is 19.7. The van der Waals surface area contributed by atoms with Crippen molar-refractivity contribution in [2.75, 3.05) is 4.90 Å². The molecule has 0 spiro atoms. The van der Waals surface area contributed by atoms with Gasteiger partial charge in [0.1, 0.15) is 11.6 Å². The van der Waals surface area contributed by atoms with Gasteiger partial charge < -0.3 is 9.73 Å². The third-order valence-electron chi connectivity index (χ3n) is 5.53. The molecule has 1 saturated carbocycles. The van der Waals surface area contributed by atoms with Gasteiger partial charge >= 0.3 is 0 Å². The molecule has 0 saturated heterocycles. The zero-order chi connectivity index (χ0) is 21.6. The Kier molecular flexibility index (Phi) is 6.82. The highest BCUT2D eigenvalue weighted by atomic mass is 32.1. The van der Waals surface area contributed by atoms with Gasteiger partial charge in [-0.1, -0.05) is 31.4 Å². The molecule has 3 aromatic rings. The van der Waals surface area contributed by atoms with Crippen LogP contribution in [0.25, 0.3) is 0 Å². The van der Waals surface area contributed by atoms with Crippen molar-refractivity contribution in [1.29, 1.82) is 0 Å². The van der Waals surface area contributed by atoms with Crippen molar-refractivity contribution in [1.82, 2.24) is 5.32 Å². The lowest BCUT2D eigenvalue weighted by Gasteiger charge is -2.32. The van der Waals surface area contributed by atoms with E-state index in [1.54, 1.807) is 18.2 Å². The van der Waals surface area contributed by atoms with Gasteiger partial charge in [0.05, 0.1) is 12.7 Å². The smallest absolute Gasteiger partial charge is 0.251 e. The Balaban J connectivity index is 1.70. The van der Waals surface area contributed by atoms with Crippen molar-refractivity contribution in [2.45, 2.75) is 50.6 Å². The van der Waals surface area contributed by atoms with E-state index in [4.69, 9.17) is 4.42 Å². The number of amides is 2. The van der Waals surface area contributed by atoms with Crippen molar-refractivity contribution in [3.63, 3.8) is 0 Å². The average Bonchev–Trinajstić information content (AvgIpc) is 3.47. The van der Waals surface area contributed by atoms with Crippen molar-refractivity contribution in [3.05, 3.63) is 76.6 Å². The van der Waals surface area contributed by atoms with Gasteiger partial charge in [-0.15, -0.1) is 11.3 Å². The zero-order valence-corrected chi connectivity index (χ0v) is 17.9. The van der Waals surface area contributed by atoms with E-state index in [1.807, 2.05) is 17.5 Å². The number of benzene rings is 1. The molecule has 1 aromatic carbocycles. The van der Waals surface area contributed by atoms with Gasteiger partial charge in [-0.25, -0.2) is 4.39 Å². The minimum absolute atomic E-state index is 0.0699. The lowest BCUT2D eigenvalue weighted by molar-refractivity contribution is -0.127. The second kappa shape index (κ2) is 9.92. The summed E-state index contributed by atoms with van der Waals surface area (Å²) in [5.74, 6) is -0.742. The molecule has 1 aliphatic rings. The van der Waals surface area contributed by atoms with E-state index in [2.05, 4.69) is 5.32 Å². The van der Waals surface area contributed by atoms with Crippen molar-refractivity contribution >= 4 is 28.8 Å². The molecule has 1 unspecified atom stereocenters. The molecule has 31 heavy (non-hydrogen) atoms. The first-order valence-corrected chi connectivity index (χ1v) is 11.4. The van der Waals surface area contributed by atoms with E-state index in [-0.39, 0.29) is 24.3 Å². The van der Waals surface area contributed by atoms with Crippen LogP contribution in [0.3, 0.4) is 0 Å². The molecule has 1 atom stereocenters. The summed E-state index contributed by atoms with van der Waals surface area (Å²) in [5.41, 5.74) is 0.321. The van der Waals surface area contributed by atoms with Gasteiger partial charge in [0.2, 0.25) is 5.91 Å². The van der Waals surface area contributed by atoms with Crippen molar-refractivity contribution in [3.8, 4) is 0 Å². The van der Waals surface area contributed by atoms with Crippen LogP contribution in [0.1, 0.15) is 48.8 Å². The molecule has 2 heterocycles. The molecule has 4 rings (SSSR count). The van der Waals surface area contributed by atoms with Crippen LogP contribution in [0.15, 0.2) is 64.6 Å². The Morgan fingerprint density at radius 3 is 2.65 bits per heavy atom. The fraction of sp³-hybridized carbons (Fsp3) is 0.333. The van der Waals surface area contributed by atoms with Crippen molar-refractivity contribution in [2.24, 2.45) is 0 Å². The number of nitrogens with one attached hydrogen (secondary N) is 1. The maximum atomic E-state index is 14.1. The number of thiophene rings is 1. The van der Waals surface area contributed by atoms with Crippen molar-refractivity contribution < 1.29 is 18.4 Å². The molecule has 0 radical (unpaired) electrons. The summed E-state index contributed by atoms with van der Waals surface area (Å²) in [4.78, 5) is 29.1. The van der Waals surface area contributed by atoms with E-state index in [1.165, 1.54) is 47.1 Å². The molecular formula is C24H25FN2O3S. The van der Waals surface area contributed by atoms with Gasteiger partial charge in [0, 0.05) is 16.6 Å². The van der Waals surface area contributed by atoms with Gasteiger partial charge in [-0.2, -0.15) is 0 Å². The van der Waals surface area contributed by atoms with E-state index < -0.39 is 11.9 Å². The number of hydrogen-bond donors (Lipinski definition) is 1. The summed E-state index contributed by atoms with van der Waals surface area (Å²) in [5, 5.41) is 5.00. The average molecular weight is 441 g/mol. The SMILES string of the molecule is O=C(NC1CCCCC1)C(c1ccco1)N(C(=O)Cc1cccs1)c1cccc(F)c1. The van der Waals surface area contributed by atoms with Crippen LogP contribution < -0.4 is 10.2 Å². The maximum absolute atomic E-state index is 14.1. The number of furan rings is 1. The number of nitrogens with zero attached hydrogens (tertiary/aromatic N) is 1. The predicted octanol–water partition coefficient (Wildman–Crippen LogP) is 5.25. The van der Waals surface area contributed by atoms with Gasteiger partial charge in [0.25, 0.3) is 5.91 Å². The summed E-state index contributed by atoms with van der Waals surface area (Å²) in [7, 11) is 0. The zero-order valence-electron chi connectivity index (χ0n) is 17.1. The first kappa shape index (κ1) is 21.3. The summed E-state index contributed by atoms with van der Waals surface area (Å²) >= 11 is 1.47. The molecule has 2 amide bonds. The Morgan fingerprint density at radius 1 is 1.13 bits per heavy atom. The third-order valence-corrected chi connectivity index (χ3v) is 6.41. The Hall–Kier alpha value is -2.93. The number of carbonyl (C=O) groups excluding carboxylic acids is 2. The number of halogens is 1. The second-order valence-corrected chi connectivity index (χ2v) is 8.79. The molecule has 0 aliphatic heterocycles. The molecule has 7 heteroatoms. The van der Waals surface area contributed by atoms with E-state index in [0.29, 0.717) is 11.4 Å². The predicted molar refractivity (Wildman–Crippen MR) is 118 cm³/mol. The lowest BCUT2D eigenvalue weighted by Crippen LogP contribution is -2.47. The first-order valence-electron chi connectivity index (χ1n) is 10.6. The topological polar surface area (TPSA) is 62.6 Å². The molecule has 0 bridgehead atoms. The molecule has 2 aromatic heterocycles. The second-order valence-electron chi connectivity index (χ2n) is 7.76. The van der Waals surface area contributed by atoms with Crippen LogP contribution in [-0.4, -0.2) is 17.9 Å². The standard InChI is InChI=1S/C24H25FN2O3S/c25-17-7-4-10-19(15-17)27(22(28)16-20-11-6-14-31-20)23(21-12-5-13-30-21)24(29)26-18-8-2-1-3-9-18/h4-7,10-15,18,23H,1-3,8-9,16H2,(H,26,29). The van der Waals surface area contributed by atoms with E-state index in [0.717, 1.165) is 30.6 Å². The van der Waals surface area contributed by atoms with Crippen LogP contribution in [0.4, 0.5) is 10.1 Å². The minimum Gasteiger partial charge on any atom is -0.467 e. The van der Waals surface area contributed by atoms with Gasteiger partial charge in [-0.05, 0) is 54.6 Å². The molecule has 162 valence electrons. The summed E-state index contributed by atoms with van der Waals surface area (Å²) in [6, 6.07) is 11.9. The Morgan fingerprint density at radius 2 is 1.97 bits per heavy atom. The maximum Gasteiger partial charge on any atom is 0.251 e. The highest BCUT2D eigenvalue weighted by molar-refractivity contribution is 7.10. The number of anilines is 1. The normalized spacial score (nSPS) is 15.4. The quantitative estimate of drug-likeness (QED) is 0.546. The van der Waals surface area contributed by atoms with Gasteiger partial charge in [0.15, 0.2) is 6.04 Å². The van der Waals surface area contributed by atoms with E-state index >= 15 is 0 Å². The molecule has 5 nitrogen and oxygen atoms in total. The highest BCUT2D eigenvalue weighted by Crippen LogP contribution is 2.31. The number of carbonyl (C=O) groups is 2. The van der Waals surface area contributed by atoms with Crippen LogP contribution in [0, 0.1) is 5.82 Å². The highest BCUT2D eigenvalue weighted by Gasteiger charge is 2.36. The van der Waals surface area contributed by atoms with Crippen LogP contribution >= 0.6 is 11.3 Å². The lowest BCUT2D eigenvalue weighted by atomic mass is 9.95. The summed E-state index contributed by atoms with van der Waals surface area (Å²) in [6.07, 6.45) is 6.73. The first-order chi connectivity index (χ1) is 15.1. The fourth-order valence-corrected chi connectivity index (χ4v) is 4.75. The van der Waals surface area contributed by atoms with E-state index in [9.17, 15) is 14.0 Å². The largest absolute Gasteiger partial charge is 0.467 e. The molecule has 1 N–H and O–H groups in total. The monoisotopic (exact) mass is 440 g/mol. The Bertz CT molecular complexity index is 998. The number of hydrogen-bond acceptors (Lipinski definition) is 4. The summed E-state index contributed by atoms with van der Waals surface area (Å²) in [6.45, 7) is 0. The molecule has 1 aliphatic carbocycles. The Labute approximate surface area is 184 Å². The molecule has 1 fully saturated rings. The minimum atomic E-state index is -1.02. The fourth-order valence-electron chi connectivity index (χ4n) is 4.06. The third kappa shape index (κ3) is 5.22. The number of rotatable bonds is 7. The molecular weight excluding hydrogens is 415 g/mol.